The number of hydrogen-bond acceptors (Lipinski definition) is 4. The molecule has 6 nitrogen and oxygen atoms in total. The zero-order valence-corrected chi connectivity index (χ0v) is 18.4. The van der Waals surface area contributed by atoms with Crippen LogP contribution in [0, 0.1) is 5.82 Å². The molecule has 0 amide bonds. The summed E-state index contributed by atoms with van der Waals surface area (Å²) in [5.74, 6) is 1.03. The van der Waals surface area contributed by atoms with E-state index in [1.165, 1.54) is 44.6 Å². The summed E-state index contributed by atoms with van der Waals surface area (Å²) in [6.07, 6.45) is 13.0. The van der Waals surface area contributed by atoms with Crippen LogP contribution in [0.4, 0.5) is 10.2 Å². The Balaban J connectivity index is 1.36. The molecule has 3 rings (SSSR count). The number of rotatable bonds is 9. The molecule has 1 saturated carbocycles. The van der Waals surface area contributed by atoms with Gasteiger partial charge in [-0.2, -0.15) is 0 Å². The standard InChI is InChI=1S/C23H38FN5O/c1-2-25-23(27-14-7-8-17-30-20-10-5-3-4-6-11-20)28-19-13-16-29(18-19)22-21(24)12-9-15-26-22/h9,12,15,19-20H,2-8,10-11,13-14,16-18H2,1H3,(H2,25,27,28). The van der Waals surface area contributed by atoms with Crippen molar-refractivity contribution in [3.8, 4) is 0 Å². The van der Waals surface area contributed by atoms with Crippen LogP contribution in [0.2, 0.25) is 0 Å². The maximum atomic E-state index is 14.0. The second-order valence-electron chi connectivity index (χ2n) is 8.34. The molecule has 0 bridgehead atoms. The maximum absolute atomic E-state index is 14.0. The minimum Gasteiger partial charge on any atom is -0.378 e. The fourth-order valence-electron chi connectivity index (χ4n) is 4.26. The molecule has 1 aliphatic heterocycles. The Morgan fingerprint density at radius 1 is 1.23 bits per heavy atom. The molecule has 2 aliphatic rings. The van der Waals surface area contributed by atoms with E-state index in [1.54, 1.807) is 12.3 Å². The second kappa shape index (κ2) is 12.7. The number of halogens is 1. The van der Waals surface area contributed by atoms with Crippen molar-refractivity contribution >= 4 is 11.8 Å². The normalized spacial score (nSPS) is 20.9. The van der Waals surface area contributed by atoms with Crippen LogP contribution >= 0.6 is 0 Å². The van der Waals surface area contributed by atoms with Gasteiger partial charge in [0.2, 0.25) is 0 Å². The van der Waals surface area contributed by atoms with Crippen molar-refractivity contribution in [2.24, 2.45) is 4.99 Å². The molecule has 0 radical (unpaired) electrons. The fourth-order valence-corrected chi connectivity index (χ4v) is 4.26. The van der Waals surface area contributed by atoms with Gasteiger partial charge in [-0.05, 0) is 51.2 Å². The first-order valence-electron chi connectivity index (χ1n) is 11.8. The lowest BCUT2D eigenvalue weighted by Crippen LogP contribution is -2.44. The van der Waals surface area contributed by atoms with Crippen molar-refractivity contribution in [2.45, 2.75) is 76.9 Å². The fraction of sp³-hybridized carbons (Fsp3) is 0.739. The zero-order chi connectivity index (χ0) is 21.0. The van der Waals surface area contributed by atoms with Crippen LogP contribution in [0.3, 0.4) is 0 Å². The SMILES string of the molecule is CCNC(=NCCCCOC1CCCCCC1)NC1CCN(c2ncccc2F)C1. The molecule has 1 saturated heterocycles. The third kappa shape index (κ3) is 7.42. The van der Waals surface area contributed by atoms with Crippen molar-refractivity contribution in [3.63, 3.8) is 0 Å². The molecular weight excluding hydrogens is 381 g/mol. The van der Waals surface area contributed by atoms with Gasteiger partial charge in [-0.1, -0.05) is 25.7 Å². The average molecular weight is 420 g/mol. The Hall–Kier alpha value is -1.89. The Labute approximate surface area is 180 Å². The molecule has 1 aliphatic carbocycles. The lowest BCUT2D eigenvalue weighted by Gasteiger charge is -2.20. The minimum absolute atomic E-state index is 0.239. The number of nitrogens with zero attached hydrogens (tertiary/aromatic N) is 3. The Bertz CT molecular complexity index is 648. The van der Waals surface area contributed by atoms with E-state index >= 15 is 0 Å². The topological polar surface area (TPSA) is 61.8 Å². The third-order valence-electron chi connectivity index (χ3n) is 5.89. The summed E-state index contributed by atoms with van der Waals surface area (Å²) in [5, 5.41) is 6.83. The largest absolute Gasteiger partial charge is 0.378 e. The van der Waals surface area contributed by atoms with Crippen LogP contribution < -0.4 is 15.5 Å². The molecular formula is C23H38FN5O. The minimum atomic E-state index is -0.259. The van der Waals surface area contributed by atoms with Crippen LogP contribution in [0.5, 0.6) is 0 Å². The summed E-state index contributed by atoms with van der Waals surface area (Å²) in [7, 11) is 0. The number of aliphatic imine (C=N–C) groups is 1. The highest BCUT2D eigenvalue weighted by Crippen LogP contribution is 2.21. The molecule has 2 N–H and O–H groups in total. The Kier molecular flexibility index (Phi) is 9.67. The van der Waals surface area contributed by atoms with Gasteiger partial charge in [0.15, 0.2) is 17.6 Å². The van der Waals surface area contributed by atoms with Gasteiger partial charge in [0.05, 0.1) is 6.10 Å². The van der Waals surface area contributed by atoms with Gasteiger partial charge in [0, 0.05) is 45.0 Å². The average Bonchev–Trinajstić information content (AvgIpc) is 3.04. The molecule has 1 atom stereocenters. The van der Waals surface area contributed by atoms with Gasteiger partial charge in [0.1, 0.15) is 0 Å². The Morgan fingerprint density at radius 2 is 2.07 bits per heavy atom. The van der Waals surface area contributed by atoms with Crippen molar-refractivity contribution in [1.82, 2.24) is 15.6 Å². The van der Waals surface area contributed by atoms with E-state index in [4.69, 9.17) is 9.73 Å². The molecule has 1 aromatic rings. The van der Waals surface area contributed by atoms with Gasteiger partial charge in [-0.25, -0.2) is 9.37 Å². The number of hydrogen-bond donors (Lipinski definition) is 2. The first-order chi connectivity index (χ1) is 14.8. The molecule has 2 heterocycles. The Morgan fingerprint density at radius 3 is 2.83 bits per heavy atom. The van der Waals surface area contributed by atoms with Crippen LogP contribution in [-0.2, 0) is 4.74 Å². The monoisotopic (exact) mass is 419 g/mol. The van der Waals surface area contributed by atoms with Gasteiger partial charge in [0.25, 0.3) is 0 Å². The van der Waals surface area contributed by atoms with E-state index in [0.717, 1.165) is 58.0 Å². The van der Waals surface area contributed by atoms with Crippen molar-refractivity contribution in [2.75, 3.05) is 37.7 Å². The van der Waals surface area contributed by atoms with Crippen LogP contribution in [0.1, 0.15) is 64.7 Å². The third-order valence-corrected chi connectivity index (χ3v) is 5.89. The van der Waals surface area contributed by atoms with E-state index in [2.05, 4.69) is 22.5 Å². The van der Waals surface area contributed by atoms with Gasteiger partial charge in [-0.15, -0.1) is 0 Å². The summed E-state index contributed by atoms with van der Waals surface area (Å²) in [4.78, 5) is 10.9. The van der Waals surface area contributed by atoms with E-state index < -0.39 is 0 Å². The van der Waals surface area contributed by atoms with Crippen molar-refractivity contribution in [3.05, 3.63) is 24.1 Å². The lowest BCUT2D eigenvalue weighted by molar-refractivity contribution is 0.0413. The van der Waals surface area contributed by atoms with Crippen LogP contribution in [0.25, 0.3) is 0 Å². The summed E-state index contributed by atoms with van der Waals surface area (Å²) >= 11 is 0. The lowest BCUT2D eigenvalue weighted by atomic mass is 10.1. The number of ether oxygens (including phenoxy) is 1. The molecule has 2 fully saturated rings. The first kappa shape index (κ1) is 22.8. The van der Waals surface area contributed by atoms with Gasteiger partial charge < -0.3 is 20.3 Å². The zero-order valence-electron chi connectivity index (χ0n) is 18.4. The van der Waals surface area contributed by atoms with Gasteiger partial charge >= 0.3 is 0 Å². The quantitative estimate of drug-likeness (QED) is 0.275. The molecule has 30 heavy (non-hydrogen) atoms. The summed E-state index contributed by atoms with van der Waals surface area (Å²) in [6.45, 7) is 6.05. The van der Waals surface area contributed by atoms with E-state index in [0.29, 0.717) is 11.9 Å². The first-order valence-corrected chi connectivity index (χ1v) is 11.8. The van der Waals surface area contributed by atoms with E-state index in [-0.39, 0.29) is 11.9 Å². The predicted octanol–water partition coefficient (Wildman–Crippen LogP) is 3.87. The summed E-state index contributed by atoms with van der Waals surface area (Å²) in [5.41, 5.74) is 0. The molecule has 168 valence electrons. The highest BCUT2D eigenvalue weighted by atomic mass is 19.1. The second-order valence-corrected chi connectivity index (χ2v) is 8.34. The number of anilines is 1. The summed E-state index contributed by atoms with van der Waals surface area (Å²) in [6, 6.07) is 3.33. The molecule has 0 aromatic carbocycles. The number of aromatic nitrogens is 1. The number of guanidine groups is 1. The predicted molar refractivity (Wildman–Crippen MR) is 121 cm³/mol. The molecule has 1 unspecified atom stereocenters. The smallest absolute Gasteiger partial charge is 0.191 e. The van der Waals surface area contributed by atoms with Crippen molar-refractivity contribution in [1.29, 1.82) is 0 Å². The molecule has 0 spiro atoms. The summed E-state index contributed by atoms with van der Waals surface area (Å²) < 4.78 is 20.1. The van der Waals surface area contributed by atoms with Gasteiger partial charge in [-0.3, -0.25) is 4.99 Å². The van der Waals surface area contributed by atoms with E-state index in [9.17, 15) is 4.39 Å². The van der Waals surface area contributed by atoms with Crippen molar-refractivity contribution < 1.29 is 9.13 Å². The van der Waals surface area contributed by atoms with E-state index in [1.807, 2.05) is 4.90 Å². The number of pyridine rings is 1. The molecule has 7 heteroatoms. The number of nitrogens with one attached hydrogen (secondary N) is 2. The molecule has 1 aromatic heterocycles. The maximum Gasteiger partial charge on any atom is 0.191 e. The highest BCUT2D eigenvalue weighted by molar-refractivity contribution is 5.80. The highest BCUT2D eigenvalue weighted by Gasteiger charge is 2.25. The number of unbranched alkanes of at least 4 members (excludes halogenated alkanes) is 1. The van der Waals surface area contributed by atoms with Crippen LogP contribution in [0.15, 0.2) is 23.3 Å². The van der Waals surface area contributed by atoms with Crippen LogP contribution in [-0.4, -0.2) is 55.9 Å².